The van der Waals surface area contributed by atoms with E-state index in [0.717, 1.165) is 38.5 Å². The van der Waals surface area contributed by atoms with E-state index in [4.69, 9.17) is 14.6 Å². The minimum absolute atomic E-state index is 0.0254. The number of aliphatic hydroxyl groups excluding tert-OH is 1. The number of alkyl halides is 12. The first-order valence-corrected chi connectivity index (χ1v) is 13.8. The Morgan fingerprint density at radius 2 is 0.733 bits per heavy atom. The maximum atomic E-state index is 13.7. The first-order chi connectivity index (χ1) is 20.7. The molecule has 271 valence electrons. The molecule has 0 aliphatic heterocycles. The molecular weight excluding hydrogens is 656 g/mol. The molecule has 0 amide bonds. The number of rotatable bonds is 30. The number of unbranched alkanes of at least 4 members (excludes halogenated alkanes) is 8. The van der Waals surface area contributed by atoms with Gasteiger partial charge >= 0.3 is 36.7 Å². The van der Waals surface area contributed by atoms with Crippen LogP contribution in [0.15, 0.2) is 0 Å². The predicted octanol–water partition coefficient (Wildman–Crippen LogP) is 7.00. The Morgan fingerprint density at radius 3 is 1.16 bits per heavy atom. The van der Waals surface area contributed by atoms with E-state index < -0.39 is 69.7 Å². The molecule has 0 aromatic rings. The highest BCUT2D eigenvalue weighted by Crippen LogP contribution is 2.48. The van der Waals surface area contributed by atoms with Gasteiger partial charge in [-0.25, -0.2) is 14.2 Å². The number of hydrogen-bond acceptors (Lipinski definition) is 8. The second kappa shape index (κ2) is 20.9. The molecule has 0 aromatic carbocycles. The first-order valence-electron chi connectivity index (χ1n) is 13.8. The molecule has 0 saturated heterocycles. The van der Waals surface area contributed by atoms with Crippen molar-refractivity contribution in [2.24, 2.45) is 0 Å². The molecule has 0 atom stereocenters. The predicted molar refractivity (Wildman–Crippen MR) is 130 cm³/mol. The lowest BCUT2D eigenvalue weighted by Crippen LogP contribution is -2.58. The third-order valence-corrected chi connectivity index (χ3v) is 5.30. The van der Waals surface area contributed by atoms with Crippen molar-refractivity contribution in [3.63, 3.8) is 0 Å². The van der Waals surface area contributed by atoms with Crippen LogP contribution >= 0.6 is 0 Å². The Hall–Kier alpha value is -1.16. The molecule has 0 fully saturated rings. The summed E-state index contributed by atoms with van der Waals surface area (Å²) in [5, 5.41) is 8.47. The van der Waals surface area contributed by atoms with E-state index >= 15 is 0 Å². The van der Waals surface area contributed by atoms with Crippen molar-refractivity contribution in [1.29, 1.82) is 0 Å². The van der Waals surface area contributed by atoms with Crippen molar-refractivity contribution >= 4 is 0 Å². The van der Waals surface area contributed by atoms with Crippen LogP contribution in [0.25, 0.3) is 0 Å². The maximum absolute atomic E-state index is 13.7. The summed E-state index contributed by atoms with van der Waals surface area (Å²) in [6, 6.07) is 0. The zero-order chi connectivity index (χ0) is 34.7. The normalized spacial score (nSPS) is 14.0. The highest BCUT2D eigenvalue weighted by Gasteiger charge is 2.74. The summed E-state index contributed by atoms with van der Waals surface area (Å²) in [5.41, 5.74) is 0. The molecule has 0 unspecified atom stereocenters. The van der Waals surface area contributed by atoms with Gasteiger partial charge < -0.3 is 24.1 Å². The van der Waals surface area contributed by atoms with Crippen LogP contribution in [0.4, 0.5) is 52.7 Å². The highest BCUT2D eigenvalue weighted by atomic mass is 19.4. The number of halogens is 12. The summed E-state index contributed by atoms with van der Waals surface area (Å²) in [4.78, 5) is 0. The smallest absolute Gasteiger partial charge is 0.394 e. The van der Waals surface area contributed by atoms with Crippen molar-refractivity contribution in [1.82, 2.24) is 0 Å². The van der Waals surface area contributed by atoms with Crippen molar-refractivity contribution in [2.45, 2.75) is 94.4 Å². The SMILES string of the molecule is [CH2]CCCCCCCCCCOCC(F)(F)OC(F)(F)C(F)(F)OC(F)(F)C(F)(F)OC(F)(F)COCCOCCOCCO. The van der Waals surface area contributed by atoms with E-state index in [1.807, 2.05) is 4.74 Å². The van der Waals surface area contributed by atoms with Gasteiger partial charge in [0.05, 0.1) is 39.6 Å². The van der Waals surface area contributed by atoms with Crippen molar-refractivity contribution in [3.05, 3.63) is 6.92 Å². The monoisotopic (exact) mass is 695 g/mol. The minimum atomic E-state index is -6.94. The molecular formula is C25H39F12O8. The van der Waals surface area contributed by atoms with Crippen LogP contribution in [0, 0.1) is 6.92 Å². The molecule has 0 bridgehead atoms. The summed E-state index contributed by atoms with van der Waals surface area (Å²) >= 11 is 0. The molecule has 45 heavy (non-hydrogen) atoms. The van der Waals surface area contributed by atoms with Crippen molar-refractivity contribution in [2.75, 3.05) is 59.5 Å². The van der Waals surface area contributed by atoms with E-state index in [0.29, 0.717) is 12.8 Å². The Balaban J connectivity index is 4.75. The van der Waals surface area contributed by atoms with Crippen LogP contribution in [0.5, 0.6) is 0 Å². The summed E-state index contributed by atoms with van der Waals surface area (Å²) in [7, 11) is 0. The zero-order valence-corrected chi connectivity index (χ0v) is 24.3. The second-order valence-electron chi connectivity index (χ2n) is 9.38. The van der Waals surface area contributed by atoms with Crippen LogP contribution in [0.2, 0.25) is 0 Å². The Bertz CT molecular complexity index is 764. The van der Waals surface area contributed by atoms with Gasteiger partial charge in [0.1, 0.15) is 13.2 Å². The largest absolute Gasteiger partial charge is 0.453 e. The van der Waals surface area contributed by atoms with Crippen molar-refractivity contribution < 1.29 is 90.9 Å². The topological polar surface area (TPSA) is 84.8 Å². The summed E-state index contributed by atoms with van der Waals surface area (Å²) in [6.07, 6.45) is -30.9. The quantitative estimate of drug-likeness (QED) is 0.0636. The lowest BCUT2D eigenvalue weighted by atomic mass is 10.1. The van der Waals surface area contributed by atoms with Crippen LogP contribution in [-0.2, 0) is 33.2 Å². The van der Waals surface area contributed by atoms with Gasteiger partial charge in [-0.3, -0.25) is 0 Å². The maximum Gasteiger partial charge on any atom is 0.453 e. The third-order valence-electron chi connectivity index (χ3n) is 5.30. The first kappa shape index (κ1) is 43.8. The molecule has 0 spiro atoms. The standard InChI is InChI=1S/C25H39F12O8/c1-2-3-4-5-6-7-8-9-10-12-41-18-20(26,27)43-22(30,31)24(34,35)45-25(36,37)23(32,33)44-21(28,29)19-42-17-16-40-15-14-39-13-11-38/h38H,1-19H2. The van der Waals surface area contributed by atoms with Gasteiger partial charge in [-0.2, -0.15) is 52.7 Å². The van der Waals surface area contributed by atoms with E-state index in [9.17, 15) is 52.7 Å². The van der Waals surface area contributed by atoms with Crippen LogP contribution in [-0.4, -0.2) is 101 Å². The van der Waals surface area contributed by atoms with E-state index in [2.05, 4.69) is 25.9 Å². The molecule has 0 aliphatic carbocycles. The fourth-order valence-electron chi connectivity index (χ4n) is 3.16. The molecule has 0 rings (SSSR count). The van der Waals surface area contributed by atoms with Gasteiger partial charge in [0.2, 0.25) is 0 Å². The molecule has 20 heteroatoms. The Labute approximate surface area is 252 Å². The average Bonchev–Trinajstić information content (AvgIpc) is 2.88. The number of hydrogen-bond donors (Lipinski definition) is 1. The second-order valence-corrected chi connectivity index (χ2v) is 9.38. The lowest BCUT2D eigenvalue weighted by Gasteiger charge is -2.34. The molecule has 8 nitrogen and oxygen atoms in total. The summed E-state index contributed by atoms with van der Waals surface area (Å²) in [6.45, 7) is -2.58. The Morgan fingerprint density at radius 1 is 0.400 bits per heavy atom. The van der Waals surface area contributed by atoms with Crippen molar-refractivity contribution in [3.8, 4) is 0 Å². The van der Waals surface area contributed by atoms with E-state index in [1.54, 1.807) is 0 Å². The number of aliphatic hydroxyl groups is 1. The van der Waals surface area contributed by atoms with Crippen LogP contribution < -0.4 is 0 Å². The van der Waals surface area contributed by atoms with E-state index in [-0.39, 0.29) is 32.8 Å². The highest BCUT2D eigenvalue weighted by molar-refractivity contribution is 4.77. The molecule has 0 aromatic heterocycles. The third kappa shape index (κ3) is 19.3. The van der Waals surface area contributed by atoms with Crippen LogP contribution in [0.3, 0.4) is 0 Å². The molecule has 0 aliphatic rings. The van der Waals surface area contributed by atoms with Gasteiger partial charge in [0.25, 0.3) is 0 Å². The molecule has 0 heterocycles. The fourth-order valence-corrected chi connectivity index (χ4v) is 3.16. The lowest BCUT2D eigenvalue weighted by molar-refractivity contribution is -0.558. The van der Waals surface area contributed by atoms with Gasteiger partial charge in [-0.05, 0) is 6.42 Å². The Kier molecular flexibility index (Phi) is 20.4. The van der Waals surface area contributed by atoms with Gasteiger partial charge in [-0.15, -0.1) is 0 Å². The summed E-state index contributed by atoms with van der Waals surface area (Å²) in [5.74, 6) is 0. The van der Waals surface area contributed by atoms with Gasteiger partial charge in [0, 0.05) is 6.61 Å². The number of ether oxygens (including phenoxy) is 7. The molecule has 1 radical (unpaired) electrons. The van der Waals surface area contributed by atoms with Crippen LogP contribution in [0.1, 0.15) is 57.8 Å². The molecule has 0 saturated carbocycles. The van der Waals surface area contributed by atoms with E-state index in [1.165, 1.54) is 0 Å². The average molecular weight is 696 g/mol. The molecule has 1 N–H and O–H groups in total. The van der Waals surface area contributed by atoms with Gasteiger partial charge in [-0.1, -0.05) is 58.3 Å². The zero-order valence-electron chi connectivity index (χ0n) is 24.3. The van der Waals surface area contributed by atoms with Gasteiger partial charge in [0.15, 0.2) is 0 Å². The summed E-state index contributed by atoms with van der Waals surface area (Å²) < 4.78 is 189. The minimum Gasteiger partial charge on any atom is -0.394 e. The fraction of sp³-hybridized carbons (Fsp3) is 0.960.